The van der Waals surface area contributed by atoms with Crippen molar-refractivity contribution < 1.29 is 8.42 Å². The third-order valence-electron chi connectivity index (χ3n) is 3.17. The SMILES string of the molecule is CSc1ccc(CN(C)S(=O)(=O)c2cccc(Cl)c2Cl)cc1. The summed E-state index contributed by atoms with van der Waals surface area (Å²) in [6.07, 6.45) is 1.99. The molecule has 0 amide bonds. The van der Waals surface area contributed by atoms with Gasteiger partial charge in [-0.05, 0) is 36.1 Å². The molecular formula is C15H15Cl2NO2S2. The number of nitrogens with zero attached hydrogens (tertiary/aromatic N) is 1. The summed E-state index contributed by atoms with van der Waals surface area (Å²) < 4.78 is 26.5. The zero-order valence-corrected chi connectivity index (χ0v) is 15.2. The van der Waals surface area contributed by atoms with Crippen LogP contribution >= 0.6 is 35.0 Å². The molecule has 2 aromatic carbocycles. The van der Waals surface area contributed by atoms with E-state index < -0.39 is 10.0 Å². The van der Waals surface area contributed by atoms with Gasteiger partial charge < -0.3 is 0 Å². The molecule has 0 saturated heterocycles. The molecule has 0 saturated carbocycles. The van der Waals surface area contributed by atoms with E-state index in [9.17, 15) is 8.42 Å². The Kier molecular flexibility index (Phi) is 5.80. The highest BCUT2D eigenvalue weighted by molar-refractivity contribution is 7.98. The zero-order valence-electron chi connectivity index (χ0n) is 12.1. The molecule has 3 nitrogen and oxygen atoms in total. The van der Waals surface area contributed by atoms with Gasteiger partial charge in [-0.25, -0.2) is 8.42 Å². The molecule has 0 N–H and O–H groups in total. The maximum Gasteiger partial charge on any atom is 0.244 e. The Bertz CT molecular complexity index is 762. The molecule has 0 heterocycles. The summed E-state index contributed by atoms with van der Waals surface area (Å²) in [5.74, 6) is 0. The van der Waals surface area contributed by atoms with Crippen LogP contribution in [0.25, 0.3) is 0 Å². The van der Waals surface area contributed by atoms with E-state index in [4.69, 9.17) is 23.2 Å². The van der Waals surface area contributed by atoms with Gasteiger partial charge in [0.25, 0.3) is 0 Å². The molecule has 22 heavy (non-hydrogen) atoms. The summed E-state index contributed by atoms with van der Waals surface area (Å²) in [6, 6.07) is 12.3. The van der Waals surface area contributed by atoms with Crippen molar-refractivity contribution in [1.82, 2.24) is 4.31 Å². The second-order valence-electron chi connectivity index (χ2n) is 4.66. The van der Waals surface area contributed by atoms with Crippen LogP contribution in [0, 0.1) is 0 Å². The minimum Gasteiger partial charge on any atom is -0.207 e. The summed E-state index contributed by atoms with van der Waals surface area (Å²) in [4.78, 5) is 1.15. The van der Waals surface area contributed by atoms with Crippen LogP contribution in [0.3, 0.4) is 0 Å². The first-order valence-corrected chi connectivity index (χ1v) is 9.81. The van der Waals surface area contributed by atoms with Gasteiger partial charge in [0.1, 0.15) is 4.90 Å². The number of sulfonamides is 1. The van der Waals surface area contributed by atoms with Crippen molar-refractivity contribution >= 4 is 45.0 Å². The molecule has 0 bridgehead atoms. The molecule has 7 heteroatoms. The molecule has 0 aliphatic rings. The topological polar surface area (TPSA) is 37.4 Å². The minimum atomic E-state index is -3.69. The Balaban J connectivity index is 2.26. The molecule has 0 atom stereocenters. The van der Waals surface area contributed by atoms with Crippen molar-refractivity contribution in [3.05, 3.63) is 58.1 Å². The third kappa shape index (κ3) is 3.78. The first-order chi connectivity index (χ1) is 10.4. The molecule has 2 aromatic rings. The fourth-order valence-corrected chi connectivity index (χ4v) is 4.22. The summed E-state index contributed by atoms with van der Waals surface area (Å²) in [6.45, 7) is 0.264. The Morgan fingerprint density at radius 3 is 2.32 bits per heavy atom. The van der Waals surface area contributed by atoms with Crippen molar-refractivity contribution in [2.75, 3.05) is 13.3 Å². The highest BCUT2D eigenvalue weighted by Gasteiger charge is 2.24. The molecule has 2 rings (SSSR count). The van der Waals surface area contributed by atoms with Gasteiger partial charge >= 0.3 is 0 Å². The van der Waals surface area contributed by atoms with Crippen molar-refractivity contribution in [1.29, 1.82) is 0 Å². The maximum absolute atomic E-state index is 12.6. The van der Waals surface area contributed by atoms with Crippen LogP contribution in [0.1, 0.15) is 5.56 Å². The van der Waals surface area contributed by atoms with E-state index in [-0.39, 0.29) is 21.5 Å². The first kappa shape index (κ1) is 17.6. The van der Waals surface area contributed by atoms with E-state index in [0.717, 1.165) is 10.5 Å². The zero-order chi connectivity index (χ0) is 16.3. The lowest BCUT2D eigenvalue weighted by atomic mass is 10.2. The van der Waals surface area contributed by atoms with Crippen molar-refractivity contribution in [2.45, 2.75) is 16.3 Å². The lowest BCUT2D eigenvalue weighted by molar-refractivity contribution is 0.466. The highest BCUT2D eigenvalue weighted by atomic mass is 35.5. The number of benzene rings is 2. The molecule has 118 valence electrons. The van der Waals surface area contributed by atoms with Crippen molar-refractivity contribution in [2.24, 2.45) is 0 Å². The van der Waals surface area contributed by atoms with E-state index in [0.29, 0.717) is 0 Å². The number of rotatable bonds is 5. The summed E-state index contributed by atoms with van der Waals surface area (Å²) in [5, 5.41) is 0.272. The van der Waals surface area contributed by atoms with Gasteiger partial charge in [0.2, 0.25) is 10.0 Å². The second kappa shape index (κ2) is 7.23. The van der Waals surface area contributed by atoms with Crippen LogP contribution in [0.5, 0.6) is 0 Å². The highest BCUT2D eigenvalue weighted by Crippen LogP contribution is 2.31. The van der Waals surface area contributed by atoms with Gasteiger partial charge in [-0.1, -0.05) is 41.4 Å². The number of hydrogen-bond acceptors (Lipinski definition) is 3. The molecular weight excluding hydrogens is 361 g/mol. The van der Waals surface area contributed by atoms with Crippen LogP contribution in [-0.2, 0) is 16.6 Å². The number of thioether (sulfide) groups is 1. The van der Waals surface area contributed by atoms with Crippen LogP contribution in [0.2, 0.25) is 10.0 Å². The average molecular weight is 376 g/mol. The number of halogens is 2. The van der Waals surface area contributed by atoms with Gasteiger partial charge in [-0.2, -0.15) is 4.31 Å². The Hall–Kier alpha value is -0.720. The van der Waals surface area contributed by atoms with Gasteiger partial charge in [0.15, 0.2) is 0 Å². The van der Waals surface area contributed by atoms with E-state index in [1.54, 1.807) is 23.9 Å². The lowest BCUT2D eigenvalue weighted by Crippen LogP contribution is -2.26. The smallest absolute Gasteiger partial charge is 0.207 e. The van der Waals surface area contributed by atoms with Gasteiger partial charge in [0.05, 0.1) is 10.0 Å². The van der Waals surface area contributed by atoms with E-state index >= 15 is 0 Å². The van der Waals surface area contributed by atoms with E-state index in [1.807, 2.05) is 30.5 Å². The van der Waals surface area contributed by atoms with Gasteiger partial charge in [-0.3, -0.25) is 0 Å². The first-order valence-electron chi connectivity index (χ1n) is 6.39. The third-order valence-corrected chi connectivity index (χ3v) is 6.69. The van der Waals surface area contributed by atoms with Crippen LogP contribution < -0.4 is 0 Å². The van der Waals surface area contributed by atoms with Crippen molar-refractivity contribution in [3.8, 4) is 0 Å². The molecule has 0 unspecified atom stereocenters. The standard InChI is InChI=1S/C15H15Cl2NO2S2/c1-18(10-11-6-8-12(21-2)9-7-11)22(19,20)14-5-3-4-13(16)15(14)17/h3-9H,10H2,1-2H3. The van der Waals surface area contributed by atoms with Gasteiger partial charge in [-0.15, -0.1) is 11.8 Å². The Morgan fingerprint density at radius 2 is 1.73 bits per heavy atom. The minimum absolute atomic E-state index is 0.0184. The quantitative estimate of drug-likeness (QED) is 0.720. The monoisotopic (exact) mass is 375 g/mol. The second-order valence-corrected chi connectivity index (χ2v) is 8.34. The predicted molar refractivity (Wildman–Crippen MR) is 93.3 cm³/mol. The molecule has 0 radical (unpaired) electrons. The largest absolute Gasteiger partial charge is 0.244 e. The fraction of sp³-hybridized carbons (Fsp3) is 0.200. The number of hydrogen-bond donors (Lipinski definition) is 0. The Morgan fingerprint density at radius 1 is 1.09 bits per heavy atom. The van der Waals surface area contributed by atoms with Crippen LogP contribution in [0.4, 0.5) is 0 Å². The van der Waals surface area contributed by atoms with Crippen molar-refractivity contribution in [3.63, 3.8) is 0 Å². The lowest BCUT2D eigenvalue weighted by Gasteiger charge is -2.18. The van der Waals surface area contributed by atoms with E-state index in [1.165, 1.54) is 17.4 Å². The van der Waals surface area contributed by atoms with Gasteiger partial charge in [0, 0.05) is 18.5 Å². The molecule has 0 aliphatic heterocycles. The van der Waals surface area contributed by atoms with Crippen LogP contribution in [-0.4, -0.2) is 26.0 Å². The summed E-state index contributed by atoms with van der Waals surface area (Å²) >= 11 is 13.6. The molecule has 0 aromatic heterocycles. The average Bonchev–Trinajstić information content (AvgIpc) is 2.50. The Labute approximate surface area is 145 Å². The summed E-state index contributed by atoms with van der Waals surface area (Å²) in [5.41, 5.74) is 0.905. The predicted octanol–water partition coefficient (Wildman–Crippen LogP) is 4.54. The maximum atomic E-state index is 12.6. The van der Waals surface area contributed by atoms with Crippen LogP contribution in [0.15, 0.2) is 52.3 Å². The van der Waals surface area contributed by atoms with E-state index in [2.05, 4.69) is 0 Å². The molecule has 0 aliphatic carbocycles. The molecule has 0 fully saturated rings. The fourth-order valence-electron chi connectivity index (χ4n) is 1.92. The normalized spacial score (nSPS) is 11.9. The summed E-state index contributed by atoms with van der Waals surface area (Å²) in [7, 11) is -2.17. The molecule has 0 spiro atoms.